The van der Waals surface area contributed by atoms with Crippen molar-refractivity contribution in [2.24, 2.45) is 5.92 Å². The van der Waals surface area contributed by atoms with E-state index in [2.05, 4.69) is 4.98 Å². The highest BCUT2D eigenvalue weighted by Gasteiger charge is 2.34. The lowest BCUT2D eigenvalue weighted by atomic mass is 9.97. The van der Waals surface area contributed by atoms with E-state index in [0.717, 1.165) is 42.7 Å². The molecule has 2 aromatic rings. The van der Waals surface area contributed by atoms with E-state index in [4.69, 9.17) is 4.74 Å². The number of ether oxygens (including phenoxy) is 1. The van der Waals surface area contributed by atoms with Crippen LogP contribution in [-0.4, -0.2) is 46.7 Å². The van der Waals surface area contributed by atoms with Crippen LogP contribution >= 0.6 is 0 Å². The van der Waals surface area contributed by atoms with Gasteiger partial charge in [0.1, 0.15) is 5.75 Å². The van der Waals surface area contributed by atoms with Crippen molar-refractivity contribution in [3.05, 3.63) is 59.4 Å². The van der Waals surface area contributed by atoms with Gasteiger partial charge in [-0.3, -0.25) is 9.78 Å². The molecule has 0 radical (unpaired) electrons. The van der Waals surface area contributed by atoms with Gasteiger partial charge < -0.3 is 14.7 Å². The number of carbonyl (C=O) groups is 1. The Hall–Kier alpha value is -2.40. The lowest BCUT2D eigenvalue weighted by Crippen LogP contribution is -2.29. The third-order valence-corrected chi connectivity index (χ3v) is 5.10. The van der Waals surface area contributed by atoms with Gasteiger partial charge >= 0.3 is 0 Å². The zero-order valence-corrected chi connectivity index (χ0v) is 14.1. The molecule has 0 unspecified atom stereocenters. The summed E-state index contributed by atoms with van der Waals surface area (Å²) in [6.07, 6.45) is 5.72. The summed E-state index contributed by atoms with van der Waals surface area (Å²) >= 11 is 0. The van der Waals surface area contributed by atoms with Crippen LogP contribution in [0.15, 0.2) is 42.7 Å². The van der Waals surface area contributed by atoms with Crippen molar-refractivity contribution in [2.75, 3.05) is 19.7 Å². The van der Waals surface area contributed by atoms with Crippen LogP contribution in [0.2, 0.25) is 0 Å². The molecule has 1 aromatic carbocycles. The number of nitrogens with zero attached hydrogens (tertiary/aromatic N) is 2. The number of pyridine rings is 1. The zero-order valence-electron chi connectivity index (χ0n) is 14.1. The molecule has 25 heavy (non-hydrogen) atoms. The molecule has 5 heteroatoms. The van der Waals surface area contributed by atoms with Gasteiger partial charge in [-0.2, -0.15) is 0 Å². The normalized spacial score (nSPS) is 22.4. The monoisotopic (exact) mass is 338 g/mol. The third-order valence-electron chi connectivity index (χ3n) is 5.10. The zero-order chi connectivity index (χ0) is 17.2. The standard InChI is InChI=1S/C20H22N2O3/c23-18-13-22(12-17(18)10-14-5-7-21-8-6-14)20(24)16-3-4-19-15(11-16)2-1-9-25-19/h3-8,11,17-18,23H,1-2,9-10,12-13H2/t17-,18+/m1/s1. The van der Waals surface area contributed by atoms with Crippen LogP contribution in [0.5, 0.6) is 5.75 Å². The summed E-state index contributed by atoms with van der Waals surface area (Å²) in [7, 11) is 0. The molecular formula is C20H22N2O3. The van der Waals surface area contributed by atoms with Crippen molar-refractivity contribution in [2.45, 2.75) is 25.4 Å². The van der Waals surface area contributed by atoms with E-state index in [1.165, 1.54) is 0 Å². The average Bonchev–Trinajstić information content (AvgIpc) is 3.02. The Morgan fingerprint density at radius 3 is 2.92 bits per heavy atom. The molecule has 1 aromatic heterocycles. The summed E-state index contributed by atoms with van der Waals surface area (Å²) in [6.45, 7) is 1.72. The Labute approximate surface area is 147 Å². The molecular weight excluding hydrogens is 316 g/mol. The van der Waals surface area contributed by atoms with Crippen molar-refractivity contribution >= 4 is 5.91 Å². The predicted octanol–water partition coefficient (Wildman–Crippen LogP) is 2.08. The molecule has 2 aliphatic heterocycles. The highest BCUT2D eigenvalue weighted by molar-refractivity contribution is 5.95. The fourth-order valence-electron chi connectivity index (χ4n) is 3.72. The number of fused-ring (bicyclic) bond motifs is 1. The number of benzene rings is 1. The number of hydrogen-bond donors (Lipinski definition) is 1. The molecule has 2 atom stereocenters. The smallest absolute Gasteiger partial charge is 0.253 e. The number of β-amino-alcohol motifs (C(OH)–C–C–N with tert-alkyl or cyclic N) is 1. The van der Waals surface area contributed by atoms with E-state index in [0.29, 0.717) is 18.7 Å². The van der Waals surface area contributed by atoms with Crippen LogP contribution in [0.3, 0.4) is 0 Å². The van der Waals surface area contributed by atoms with Gasteiger partial charge in [0.05, 0.1) is 12.7 Å². The van der Waals surface area contributed by atoms with Crippen LogP contribution in [-0.2, 0) is 12.8 Å². The highest BCUT2D eigenvalue weighted by Crippen LogP contribution is 2.28. The van der Waals surface area contributed by atoms with E-state index in [1.807, 2.05) is 30.3 Å². The Morgan fingerprint density at radius 1 is 1.24 bits per heavy atom. The maximum Gasteiger partial charge on any atom is 0.253 e. The molecule has 0 aliphatic carbocycles. The number of aryl methyl sites for hydroxylation is 1. The Kier molecular flexibility index (Phi) is 4.40. The first kappa shape index (κ1) is 16.1. The molecule has 0 bridgehead atoms. The van der Waals surface area contributed by atoms with Gasteiger partial charge in [-0.05, 0) is 60.7 Å². The number of likely N-dealkylation sites (tertiary alicyclic amines) is 1. The van der Waals surface area contributed by atoms with Crippen LogP contribution in [0, 0.1) is 5.92 Å². The van der Waals surface area contributed by atoms with Crippen LogP contribution in [0.1, 0.15) is 27.9 Å². The van der Waals surface area contributed by atoms with Gasteiger partial charge in [-0.25, -0.2) is 0 Å². The fraction of sp³-hybridized carbons (Fsp3) is 0.400. The first-order valence-corrected chi connectivity index (χ1v) is 8.82. The van der Waals surface area contributed by atoms with Crippen molar-refractivity contribution in [1.82, 2.24) is 9.88 Å². The molecule has 0 saturated carbocycles. The molecule has 4 rings (SSSR count). The summed E-state index contributed by atoms with van der Waals surface area (Å²) < 4.78 is 5.61. The number of hydrogen-bond acceptors (Lipinski definition) is 4. The molecule has 2 aliphatic rings. The summed E-state index contributed by atoms with van der Waals surface area (Å²) in [6, 6.07) is 9.58. The molecule has 5 nitrogen and oxygen atoms in total. The number of aliphatic hydroxyl groups is 1. The SMILES string of the molecule is O=C(c1ccc2c(c1)CCCO2)N1C[C@@H](Cc2ccncc2)[C@@H](O)C1. The summed E-state index contributed by atoms with van der Waals surface area (Å²) in [5, 5.41) is 10.4. The Morgan fingerprint density at radius 2 is 2.08 bits per heavy atom. The molecule has 130 valence electrons. The Bertz CT molecular complexity index is 763. The van der Waals surface area contributed by atoms with Gasteiger partial charge in [0.15, 0.2) is 0 Å². The topological polar surface area (TPSA) is 62.7 Å². The quantitative estimate of drug-likeness (QED) is 0.931. The number of aromatic nitrogens is 1. The number of carbonyl (C=O) groups excluding carboxylic acids is 1. The Balaban J connectivity index is 1.46. The van der Waals surface area contributed by atoms with Gasteiger partial charge in [-0.15, -0.1) is 0 Å². The predicted molar refractivity (Wildman–Crippen MR) is 93.6 cm³/mol. The molecule has 1 amide bonds. The molecule has 1 fully saturated rings. The third kappa shape index (κ3) is 3.37. The summed E-state index contributed by atoms with van der Waals surface area (Å²) in [5.74, 6) is 0.941. The van der Waals surface area contributed by atoms with Crippen LogP contribution < -0.4 is 4.74 Å². The molecule has 1 N–H and O–H groups in total. The second-order valence-electron chi connectivity index (χ2n) is 6.87. The van der Waals surface area contributed by atoms with E-state index in [9.17, 15) is 9.90 Å². The fourth-order valence-corrected chi connectivity index (χ4v) is 3.72. The maximum absolute atomic E-state index is 12.8. The molecule has 1 saturated heterocycles. The van der Waals surface area contributed by atoms with Gasteiger partial charge in [0.25, 0.3) is 5.91 Å². The van der Waals surface area contributed by atoms with Crippen molar-refractivity contribution < 1.29 is 14.6 Å². The van der Waals surface area contributed by atoms with Crippen molar-refractivity contribution in [3.63, 3.8) is 0 Å². The first-order chi connectivity index (χ1) is 12.2. The number of amides is 1. The minimum Gasteiger partial charge on any atom is -0.493 e. The van der Waals surface area contributed by atoms with E-state index < -0.39 is 6.10 Å². The largest absolute Gasteiger partial charge is 0.493 e. The second kappa shape index (κ2) is 6.84. The van der Waals surface area contributed by atoms with Gasteiger partial charge in [0.2, 0.25) is 0 Å². The van der Waals surface area contributed by atoms with Gasteiger partial charge in [0, 0.05) is 37.0 Å². The average molecular weight is 338 g/mol. The maximum atomic E-state index is 12.8. The lowest BCUT2D eigenvalue weighted by Gasteiger charge is -2.20. The summed E-state index contributed by atoms with van der Waals surface area (Å²) in [5.41, 5.74) is 2.92. The second-order valence-corrected chi connectivity index (χ2v) is 6.87. The van der Waals surface area contributed by atoms with E-state index in [1.54, 1.807) is 17.3 Å². The highest BCUT2D eigenvalue weighted by atomic mass is 16.5. The molecule has 0 spiro atoms. The van der Waals surface area contributed by atoms with Gasteiger partial charge in [-0.1, -0.05) is 0 Å². The minimum atomic E-state index is -0.488. The van der Waals surface area contributed by atoms with E-state index in [-0.39, 0.29) is 11.8 Å². The van der Waals surface area contributed by atoms with E-state index >= 15 is 0 Å². The summed E-state index contributed by atoms with van der Waals surface area (Å²) in [4.78, 5) is 18.6. The van der Waals surface area contributed by atoms with Crippen LogP contribution in [0.25, 0.3) is 0 Å². The number of aliphatic hydroxyl groups excluding tert-OH is 1. The van der Waals surface area contributed by atoms with Crippen molar-refractivity contribution in [3.8, 4) is 5.75 Å². The first-order valence-electron chi connectivity index (χ1n) is 8.82. The lowest BCUT2D eigenvalue weighted by molar-refractivity contribution is 0.0764. The molecule has 3 heterocycles. The van der Waals surface area contributed by atoms with Crippen LogP contribution in [0.4, 0.5) is 0 Å². The van der Waals surface area contributed by atoms with Crippen molar-refractivity contribution in [1.29, 1.82) is 0 Å². The minimum absolute atomic E-state index is 0.00958. The number of rotatable bonds is 3.